The summed E-state index contributed by atoms with van der Waals surface area (Å²) in [5.41, 5.74) is 1.22. The maximum atomic E-state index is 6.24. The highest BCUT2D eigenvalue weighted by Gasteiger charge is 2.12. The molecule has 0 aliphatic heterocycles. The second-order valence-corrected chi connectivity index (χ2v) is 5.48. The van der Waals surface area contributed by atoms with Gasteiger partial charge in [-0.05, 0) is 50.8 Å². The lowest BCUT2D eigenvalue weighted by Gasteiger charge is -2.21. The van der Waals surface area contributed by atoms with Gasteiger partial charge < -0.3 is 10.1 Å². The fraction of sp³-hybridized carbons (Fsp3) is 0.625. The van der Waals surface area contributed by atoms with E-state index >= 15 is 0 Å². The predicted molar refractivity (Wildman–Crippen MR) is 82.9 cm³/mol. The molecule has 108 valence electrons. The Morgan fingerprint density at radius 1 is 1.26 bits per heavy atom. The van der Waals surface area contributed by atoms with Crippen molar-refractivity contribution in [3.63, 3.8) is 0 Å². The van der Waals surface area contributed by atoms with Crippen molar-refractivity contribution < 1.29 is 4.74 Å². The fourth-order valence-electron chi connectivity index (χ4n) is 2.11. The zero-order valence-electron chi connectivity index (χ0n) is 12.3. The van der Waals surface area contributed by atoms with Crippen LogP contribution in [0, 0.1) is 0 Å². The molecule has 0 radical (unpaired) electrons. The molecule has 19 heavy (non-hydrogen) atoms. The van der Waals surface area contributed by atoms with Gasteiger partial charge in [0.1, 0.15) is 0 Å². The van der Waals surface area contributed by atoms with E-state index in [1.807, 2.05) is 12.1 Å². The first-order valence-corrected chi connectivity index (χ1v) is 7.54. The summed E-state index contributed by atoms with van der Waals surface area (Å²) in [7, 11) is 1.77. The summed E-state index contributed by atoms with van der Waals surface area (Å²) in [6.45, 7) is 5.36. The molecule has 2 unspecified atom stereocenters. The zero-order valence-corrected chi connectivity index (χ0v) is 13.0. The summed E-state index contributed by atoms with van der Waals surface area (Å²) >= 11 is 6.24. The lowest BCUT2D eigenvalue weighted by atomic mass is 10.00. The number of hydrogen-bond acceptors (Lipinski definition) is 2. The second-order valence-electron chi connectivity index (χ2n) is 5.07. The third kappa shape index (κ3) is 6.42. The van der Waals surface area contributed by atoms with Crippen LogP contribution in [0.15, 0.2) is 24.3 Å². The highest BCUT2D eigenvalue weighted by Crippen LogP contribution is 2.18. The fourth-order valence-corrected chi connectivity index (χ4v) is 2.32. The molecule has 0 fully saturated rings. The Morgan fingerprint density at radius 3 is 2.63 bits per heavy atom. The lowest BCUT2D eigenvalue weighted by Crippen LogP contribution is -2.32. The molecule has 1 aromatic rings. The maximum absolute atomic E-state index is 6.24. The number of methoxy groups -OCH3 is 1. The lowest BCUT2D eigenvalue weighted by molar-refractivity contribution is 0.106. The van der Waals surface area contributed by atoms with Crippen LogP contribution in [-0.2, 0) is 11.2 Å². The molecule has 0 bridgehead atoms. The van der Waals surface area contributed by atoms with Crippen molar-refractivity contribution in [1.29, 1.82) is 0 Å². The largest absolute Gasteiger partial charge is 0.382 e. The van der Waals surface area contributed by atoms with Crippen LogP contribution in [0.5, 0.6) is 0 Å². The smallest absolute Gasteiger partial charge is 0.0543 e. The Labute approximate surface area is 122 Å². The number of rotatable bonds is 9. The van der Waals surface area contributed by atoms with Crippen LogP contribution >= 0.6 is 11.6 Å². The van der Waals surface area contributed by atoms with Gasteiger partial charge in [0.05, 0.1) is 6.10 Å². The van der Waals surface area contributed by atoms with Crippen molar-refractivity contribution in [2.45, 2.75) is 51.7 Å². The molecule has 3 heteroatoms. The van der Waals surface area contributed by atoms with Gasteiger partial charge in [0.15, 0.2) is 0 Å². The van der Waals surface area contributed by atoms with Crippen LogP contribution in [-0.4, -0.2) is 25.8 Å². The monoisotopic (exact) mass is 283 g/mol. The van der Waals surface area contributed by atoms with Crippen LogP contribution in [0.3, 0.4) is 0 Å². The minimum Gasteiger partial charge on any atom is -0.382 e. The molecule has 0 amide bonds. The van der Waals surface area contributed by atoms with E-state index in [4.69, 9.17) is 16.3 Å². The van der Waals surface area contributed by atoms with Crippen LogP contribution < -0.4 is 5.32 Å². The minimum atomic E-state index is 0.317. The van der Waals surface area contributed by atoms with Crippen molar-refractivity contribution >= 4 is 11.6 Å². The number of ether oxygens (including phenoxy) is 1. The third-order valence-electron chi connectivity index (χ3n) is 3.43. The summed E-state index contributed by atoms with van der Waals surface area (Å²) in [6.07, 6.45) is 4.63. The Hall–Kier alpha value is -0.570. The van der Waals surface area contributed by atoms with E-state index in [2.05, 4.69) is 31.3 Å². The van der Waals surface area contributed by atoms with E-state index in [1.165, 1.54) is 5.56 Å². The molecular weight excluding hydrogens is 258 g/mol. The first kappa shape index (κ1) is 16.5. The van der Waals surface area contributed by atoms with Crippen molar-refractivity contribution in [2.75, 3.05) is 13.7 Å². The predicted octanol–water partition coefficient (Wildman–Crippen LogP) is 4.07. The third-order valence-corrected chi connectivity index (χ3v) is 3.80. The molecule has 1 aromatic carbocycles. The second kappa shape index (κ2) is 9.35. The Morgan fingerprint density at radius 2 is 2.00 bits per heavy atom. The minimum absolute atomic E-state index is 0.317. The first-order valence-electron chi connectivity index (χ1n) is 7.17. The number of nitrogens with one attached hydrogen (secondary N) is 1. The molecule has 0 saturated carbocycles. The van der Waals surface area contributed by atoms with E-state index in [9.17, 15) is 0 Å². The van der Waals surface area contributed by atoms with Gasteiger partial charge in [-0.15, -0.1) is 0 Å². The van der Waals surface area contributed by atoms with E-state index in [0.717, 1.165) is 37.3 Å². The molecule has 0 spiro atoms. The zero-order chi connectivity index (χ0) is 14.1. The standard InChI is InChI=1S/C16H26ClNO/c1-4-11-18-15(10-9-13(2)19-3)12-14-7-5-6-8-16(14)17/h5-8,13,15,18H,4,9-12H2,1-3H3. The molecule has 0 aromatic heterocycles. The van der Waals surface area contributed by atoms with Gasteiger partial charge in [-0.1, -0.05) is 36.7 Å². The van der Waals surface area contributed by atoms with Crippen molar-refractivity contribution in [1.82, 2.24) is 5.32 Å². The molecule has 2 nitrogen and oxygen atoms in total. The quantitative estimate of drug-likeness (QED) is 0.738. The normalized spacial score (nSPS) is 14.3. The number of benzene rings is 1. The summed E-state index contributed by atoms with van der Waals surface area (Å²) in [4.78, 5) is 0. The van der Waals surface area contributed by atoms with Gasteiger partial charge in [0.2, 0.25) is 0 Å². The van der Waals surface area contributed by atoms with Crippen molar-refractivity contribution in [3.05, 3.63) is 34.9 Å². The van der Waals surface area contributed by atoms with Gasteiger partial charge in [-0.25, -0.2) is 0 Å². The molecule has 0 aliphatic carbocycles. The topological polar surface area (TPSA) is 21.3 Å². The highest BCUT2D eigenvalue weighted by molar-refractivity contribution is 6.31. The van der Waals surface area contributed by atoms with Crippen molar-refractivity contribution in [3.8, 4) is 0 Å². The molecule has 0 saturated heterocycles. The van der Waals surface area contributed by atoms with Crippen LogP contribution in [0.4, 0.5) is 0 Å². The van der Waals surface area contributed by atoms with Gasteiger partial charge >= 0.3 is 0 Å². The average Bonchev–Trinajstić information content (AvgIpc) is 2.43. The van der Waals surface area contributed by atoms with Gasteiger partial charge in [-0.2, -0.15) is 0 Å². The molecule has 0 heterocycles. The molecule has 2 atom stereocenters. The van der Waals surface area contributed by atoms with E-state index < -0.39 is 0 Å². The summed E-state index contributed by atoms with van der Waals surface area (Å²) in [5.74, 6) is 0. The Bertz CT molecular complexity index is 356. The molecule has 1 N–H and O–H groups in total. The first-order chi connectivity index (χ1) is 9.17. The summed E-state index contributed by atoms with van der Waals surface area (Å²) in [5, 5.41) is 4.48. The Kier molecular flexibility index (Phi) is 8.11. The van der Waals surface area contributed by atoms with E-state index in [1.54, 1.807) is 7.11 Å². The maximum Gasteiger partial charge on any atom is 0.0543 e. The SMILES string of the molecule is CCCNC(CCC(C)OC)Cc1ccccc1Cl. The van der Waals surface area contributed by atoms with Crippen LogP contribution in [0.1, 0.15) is 38.7 Å². The summed E-state index contributed by atoms with van der Waals surface area (Å²) < 4.78 is 5.33. The molecule has 0 aliphatic rings. The molecule has 1 rings (SSSR count). The average molecular weight is 284 g/mol. The van der Waals surface area contributed by atoms with Gasteiger partial charge in [0.25, 0.3) is 0 Å². The summed E-state index contributed by atoms with van der Waals surface area (Å²) in [6, 6.07) is 8.58. The van der Waals surface area contributed by atoms with Crippen molar-refractivity contribution in [2.24, 2.45) is 0 Å². The van der Waals surface area contributed by atoms with E-state index in [-0.39, 0.29) is 0 Å². The molecular formula is C16H26ClNO. The van der Waals surface area contributed by atoms with Crippen LogP contribution in [0.25, 0.3) is 0 Å². The highest BCUT2D eigenvalue weighted by atomic mass is 35.5. The van der Waals surface area contributed by atoms with Gasteiger partial charge in [-0.3, -0.25) is 0 Å². The number of hydrogen-bond donors (Lipinski definition) is 1. The number of halogens is 1. The Balaban J connectivity index is 2.55. The van der Waals surface area contributed by atoms with Crippen LogP contribution in [0.2, 0.25) is 5.02 Å². The van der Waals surface area contributed by atoms with E-state index in [0.29, 0.717) is 12.1 Å². The van der Waals surface area contributed by atoms with Gasteiger partial charge in [0, 0.05) is 18.2 Å².